The van der Waals surface area contributed by atoms with Crippen LogP contribution in [-0.2, 0) is 10.0 Å². The predicted molar refractivity (Wildman–Crippen MR) is 69.3 cm³/mol. The normalized spacial score (nSPS) is 13.2. The summed E-state index contributed by atoms with van der Waals surface area (Å²) in [7, 11) is -4.05. The van der Waals surface area contributed by atoms with Gasteiger partial charge in [0.05, 0.1) is 17.1 Å². The van der Waals surface area contributed by atoms with Gasteiger partial charge in [-0.2, -0.15) is 0 Å². The zero-order chi connectivity index (χ0) is 14.6. The van der Waals surface area contributed by atoms with Crippen molar-refractivity contribution in [3.63, 3.8) is 0 Å². The summed E-state index contributed by atoms with van der Waals surface area (Å²) in [5.74, 6) is -1.36. The van der Waals surface area contributed by atoms with Crippen LogP contribution in [0.1, 0.15) is 23.7 Å². The number of carboxylic acids is 1. The van der Waals surface area contributed by atoms with Crippen molar-refractivity contribution in [3.05, 3.63) is 23.8 Å². The second kappa shape index (κ2) is 6.00. The van der Waals surface area contributed by atoms with Crippen molar-refractivity contribution >= 4 is 21.7 Å². The highest BCUT2D eigenvalue weighted by atomic mass is 32.2. The molecule has 1 aromatic carbocycles. The number of aliphatic hydroxyl groups is 1. The summed E-state index contributed by atoms with van der Waals surface area (Å²) in [6, 6.07) is 2.85. The fraction of sp³-hybridized carbons (Fsp3) is 0.364. The molecule has 0 spiro atoms. The molecule has 1 rings (SSSR count). The van der Waals surface area contributed by atoms with Crippen molar-refractivity contribution < 1.29 is 23.4 Å². The molecule has 1 aromatic rings. The number of rotatable bonds is 6. The maximum Gasteiger partial charge on any atom is 0.337 e. The summed E-state index contributed by atoms with van der Waals surface area (Å²) in [5.41, 5.74) is 5.26. The van der Waals surface area contributed by atoms with Gasteiger partial charge in [0, 0.05) is 11.7 Å². The maximum atomic E-state index is 12.1. The Bertz CT molecular complexity index is 566. The average molecular weight is 288 g/mol. The summed E-state index contributed by atoms with van der Waals surface area (Å²) >= 11 is 0. The van der Waals surface area contributed by atoms with Gasteiger partial charge in [-0.25, -0.2) is 17.9 Å². The molecule has 0 unspecified atom stereocenters. The molecule has 7 nitrogen and oxygen atoms in total. The Balaban J connectivity index is 3.27. The summed E-state index contributed by atoms with van der Waals surface area (Å²) in [5, 5.41) is 18.0. The van der Waals surface area contributed by atoms with E-state index in [1.54, 1.807) is 6.92 Å². The van der Waals surface area contributed by atoms with Gasteiger partial charge in [-0.3, -0.25) is 0 Å². The van der Waals surface area contributed by atoms with Gasteiger partial charge in [0.2, 0.25) is 10.0 Å². The van der Waals surface area contributed by atoms with E-state index in [4.69, 9.17) is 15.9 Å². The van der Waals surface area contributed by atoms with E-state index in [1.165, 1.54) is 6.07 Å². The van der Waals surface area contributed by atoms with Gasteiger partial charge in [0.15, 0.2) is 0 Å². The molecular weight excluding hydrogens is 272 g/mol. The molecule has 0 aromatic heterocycles. The SMILES string of the molecule is CC[C@H](CO)NS(=O)(=O)c1cc(N)ccc1C(=O)O. The number of hydrogen-bond acceptors (Lipinski definition) is 5. The van der Waals surface area contributed by atoms with Crippen LogP contribution < -0.4 is 10.5 Å². The van der Waals surface area contributed by atoms with Gasteiger partial charge in [0.25, 0.3) is 0 Å². The number of aliphatic hydroxyl groups excluding tert-OH is 1. The monoisotopic (exact) mass is 288 g/mol. The smallest absolute Gasteiger partial charge is 0.337 e. The molecule has 0 fully saturated rings. The van der Waals surface area contributed by atoms with E-state index in [2.05, 4.69) is 4.72 Å². The van der Waals surface area contributed by atoms with Crippen LogP contribution in [0, 0.1) is 0 Å². The number of benzene rings is 1. The van der Waals surface area contributed by atoms with E-state index in [0.717, 1.165) is 12.1 Å². The van der Waals surface area contributed by atoms with Crippen molar-refractivity contribution in [2.45, 2.75) is 24.3 Å². The Labute approximate surface area is 111 Å². The van der Waals surface area contributed by atoms with Gasteiger partial charge >= 0.3 is 5.97 Å². The van der Waals surface area contributed by atoms with Crippen LogP contribution in [0.5, 0.6) is 0 Å². The second-order valence-electron chi connectivity index (χ2n) is 3.97. The highest BCUT2D eigenvalue weighted by Gasteiger charge is 2.24. The molecule has 0 aliphatic heterocycles. The first-order chi connectivity index (χ1) is 8.81. The average Bonchev–Trinajstić information content (AvgIpc) is 2.35. The highest BCUT2D eigenvalue weighted by molar-refractivity contribution is 7.89. The first-order valence-electron chi connectivity index (χ1n) is 5.57. The standard InChI is InChI=1S/C11H16N2O5S/c1-2-8(6-14)13-19(17,18)10-5-7(12)3-4-9(10)11(15)16/h3-5,8,13-14H,2,6,12H2,1H3,(H,15,16)/t8-/m1/s1. The number of anilines is 1. The summed E-state index contributed by atoms with van der Waals surface area (Å²) < 4.78 is 26.4. The van der Waals surface area contributed by atoms with E-state index < -0.39 is 26.9 Å². The molecule has 106 valence electrons. The Morgan fingerprint density at radius 1 is 1.47 bits per heavy atom. The minimum Gasteiger partial charge on any atom is -0.478 e. The van der Waals surface area contributed by atoms with Crippen molar-refractivity contribution in [1.82, 2.24) is 4.72 Å². The van der Waals surface area contributed by atoms with Gasteiger partial charge in [-0.1, -0.05) is 6.92 Å². The number of nitrogens with two attached hydrogens (primary N) is 1. The van der Waals surface area contributed by atoms with Crippen molar-refractivity contribution in [1.29, 1.82) is 0 Å². The quantitative estimate of drug-likeness (QED) is 0.546. The van der Waals surface area contributed by atoms with E-state index >= 15 is 0 Å². The molecule has 19 heavy (non-hydrogen) atoms. The number of aromatic carboxylic acids is 1. The molecule has 1 atom stereocenters. The molecule has 0 radical (unpaired) electrons. The van der Waals surface area contributed by atoms with Crippen LogP contribution in [0.3, 0.4) is 0 Å². The minimum absolute atomic E-state index is 0.141. The number of nitrogens with one attached hydrogen (secondary N) is 1. The topological polar surface area (TPSA) is 130 Å². The first kappa shape index (κ1) is 15.4. The molecule has 0 aliphatic rings. The third-order valence-electron chi connectivity index (χ3n) is 2.56. The largest absolute Gasteiger partial charge is 0.478 e. The van der Waals surface area contributed by atoms with Gasteiger partial charge in [-0.05, 0) is 24.6 Å². The molecule has 0 saturated heterocycles. The fourth-order valence-electron chi connectivity index (χ4n) is 1.47. The Morgan fingerprint density at radius 3 is 2.58 bits per heavy atom. The second-order valence-corrected chi connectivity index (χ2v) is 5.65. The lowest BCUT2D eigenvalue weighted by Gasteiger charge is -2.15. The van der Waals surface area contributed by atoms with Crippen molar-refractivity contribution in [2.75, 3.05) is 12.3 Å². The van der Waals surface area contributed by atoms with E-state index in [0.29, 0.717) is 6.42 Å². The summed E-state index contributed by atoms with van der Waals surface area (Å²) in [6.07, 6.45) is 0.375. The van der Waals surface area contributed by atoms with Crippen molar-refractivity contribution in [3.8, 4) is 0 Å². The van der Waals surface area contributed by atoms with E-state index in [-0.39, 0.29) is 17.9 Å². The zero-order valence-electron chi connectivity index (χ0n) is 10.3. The number of hydrogen-bond donors (Lipinski definition) is 4. The minimum atomic E-state index is -4.05. The molecular formula is C11H16N2O5S. The molecule has 0 heterocycles. The van der Waals surface area contributed by atoms with Crippen molar-refractivity contribution in [2.24, 2.45) is 0 Å². The van der Waals surface area contributed by atoms with Crippen LogP contribution in [0.2, 0.25) is 0 Å². The van der Waals surface area contributed by atoms with Gasteiger partial charge in [-0.15, -0.1) is 0 Å². The lowest BCUT2D eigenvalue weighted by Crippen LogP contribution is -2.37. The Morgan fingerprint density at radius 2 is 2.11 bits per heavy atom. The molecule has 8 heteroatoms. The van der Waals surface area contributed by atoms with E-state index in [1.807, 2.05) is 0 Å². The maximum absolute atomic E-state index is 12.1. The van der Waals surface area contributed by atoms with Crippen LogP contribution in [0.4, 0.5) is 5.69 Å². The highest BCUT2D eigenvalue weighted by Crippen LogP contribution is 2.19. The Hall–Kier alpha value is -1.64. The lowest BCUT2D eigenvalue weighted by atomic mass is 10.2. The number of nitrogen functional groups attached to an aromatic ring is 1. The molecule has 0 amide bonds. The molecule has 5 N–H and O–H groups in total. The van der Waals surface area contributed by atoms with E-state index in [9.17, 15) is 13.2 Å². The fourth-order valence-corrected chi connectivity index (χ4v) is 3.01. The third-order valence-corrected chi connectivity index (χ3v) is 4.12. The third kappa shape index (κ3) is 3.66. The van der Waals surface area contributed by atoms with Gasteiger partial charge in [0.1, 0.15) is 0 Å². The zero-order valence-corrected chi connectivity index (χ0v) is 11.1. The molecule has 0 aliphatic carbocycles. The van der Waals surface area contributed by atoms with Crippen LogP contribution in [-0.4, -0.2) is 37.2 Å². The molecule has 0 bridgehead atoms. The first-order valence-corrected chi connectivity index (χ1v) is 7.06. The van der Waals surface area contributed by atoms with Crippen LogP contribution >= 0.6 is 0 Å². The lowest BCUT2D eigenvalue weighted by molar-refractivity contribution is 0.0692. The number of carbonyl (C=O) groups is 1. The van der Waals surface area contributed by atoms with Crippen LogP contribution in [0.15, 0.2) is 23.1 Å². The number of carboxylic acid groups (broad SMARTS) is 1. The summed E-state index contributed by atoms with van der Waals surface area (Å²) in [6.45, 7) is 1.32. The predicted octanol–water partition coefficient (Wildman–Crippen LogP) is 0.0162. The van der Waals surface area contributed by atoms with Gasteiger partial charge < -0.3 is 15.9 Å². The Kier molecular flexibility index (Phi) is 4.87. The molecule has 0 saturated carbocycles. The number of sulfonamides is 1. The van der Waals surface area contributed by atoms with Crippen LogP contribution in [0.25, 0.3) is 0 Å². The summed E-state index contributed by atoms with van der Waals surface area (Å²) in [4.78, 5) is 10.6.